The van der Waals surface area contributed by atoms with Crippen LogP contribution in [-0.4, -0.2) is 48.9 Å². The number of nitrogens with zero attached hydrogens (tertiary/aromatic N) is 2. The fourth-order valence-electron chi connectivity index (χ4n) is 5.04. The topological polar surface area (TPSA) is 41.5 Å². The van der Waals surface area contributed by atoms with Crippen molar-refractivity contribution in [1.29, 1.82) is 0 Å². The van der Waals surface area contributed by atoms with E-state index in [1.165, 1.54) is 109 Å². The minimum atomic E-state index is 0.0697. The third kappa shape index (κ3) is 14.7. The maximum absolute atomic E-state index is 11.2. The molecule has 0 spiro atoms. The summed E-state index contributed by atoms with van der Waals surface area (Å²) in [6.07, 6.45) is 27.9. The van der Waals surface area contributed by atoms with Crippen LogP contribution in [0.25, 0.3) is 0 Å². The number of quaternary nitrogens is 1. The summed E-state index contributed by atoms with van der Waals surface area (Å²) < 4.78 is 0.990. The Kier molecular flexibility index (Phi) is 18.3. The van der Waals surface area contributed by atoms with Gasteiger partial charge >= 0.3 is 0 Å². The molecule has 0 aromatic heterocycles. The van der Waals surface area contributed by atoms with E-state index in [0.29, 0.717) is 0 Å². The van der Waals surface area contributed by atoms with Gasteiger partial charge in [0.05, 0.1) is 19.6 Å². The molecule has 1 atom stereocenters. The van der Waals surface area contributed by atoms with E-state index in [1.807, 2.05) is 0 Å². The molecule has 0 aromatic carbocycles. The third-order valence-corrected chi connectivity index (χ3v) is 7.30. The van der Waals surface area contributed by atoms with Crippen molar-refractivity contribution in [2.75, 3.05) is 32.7 Å². The lowest BCUT2D eigenvalue weighted by Crippen LogP contribution is -2.54. The summed E-state index contributed by atoms with van der Waals surface area (Å²) in [6.45, 7) is 11.0. The quantitative estimate of drug-likeness (QED) is 0.101. The predicted molar refractivity (Wildman–Crippen MR) is 145 cm³/mol. The molecule has 1 heterocycles. The molecule has 0 aromatic rings. The van der Waals surface area contributed by atoms with Gasteiger partial charge in [0.25, 0.3) is 0 Å². The first-order chi connectivity index (χ1) is 16.1. The molecular formula is C29H56N3O+. The number of carbonyl (C=O) groups excluding carboxylic acids is 1. The number of unbranched alkanes of at least 4 members (excludes halogenated alkanes) is 14. The van der Waals surface area contributed by atoms with Gasteiger partial charge in [-0.3, -0.25) is 9.28 Å². The van der Waals surface area contributed by atoms with Crippen LogP contribution in [0.3, 0.4) is 0 Å². The maximum atomic E-state index is 11.2. The highest BCUT2D eigenvalue weighted by molar-refractivity contribution is 5.77. The molecule has 1 unspecified atom stereocenters. The smallest absolute Gasteiger partial charge is 0.217 e. The summed E-state index contributed by atoms with van der Waals surface area (Å²) in [6, 6.07) is 0. The highest BCUT2D eigenvalue weighted by atomic mass is 16.1. The molecule has 0 bridgehead atoms. The van der Waals surface area contributed by atoms with Crippen molar-refractivity contribution >= 4 is 11.7 Å². The zero-order valence-electron chi connectivity index (χ0n) is 22.5. The van der Waals surface area contributed by atoms with E-state index >= 15 is 0 Å². The number of allylic oxidation sites excluding steroid dienone is 2. The van der Waals surface area contributed by atoms with Crippen molar-refractivity contribution < 1.29 is 9.28 Å². The highest BCUT2D eigenvalue weighted by Gasteiger charge is 2.35. The summed E-state index contributed by atoms with van der Waals surface area (Å²) in [5.41, 5.74) is 0. The van der Waals surface area contributed by atoms with Crippen LogP contribution in [0.4, 0.5) is 0 Å². The zero-order valence-corrected chi connectivity index (χ0v) is 22.5. The minimum Gasteiger partial charge on any atom is -0.351 e. The maximum Gasteiger partial charge on any atom is 0.217 e. The van der Waals surface area contributed by atoms with Gasteiger partial charge in [0.2, 0.25) is 5.91 Å². The largest absolute Gasteiger partial charge is 0.351 e. The Morgan fingerprint density at radius 2 is 1.39 bits per heavy atom. The van der Waals surface area contributed by atoms with Crippen LogP contribution >= 0.6 is 0 Å². The molecule has 0 fully saturated rings. The van der Waals surface area contributed by atoms with E-state index in [4.69, 9.17) is 4.99 Å². The summed E-state index contributed by atoms with van der Waals surface area (Å²) in [7, 11) is 0. The van der Waals surface area contributed by atoms with Gasteiger partial charge < -0.3 is 5.32 Å². The number of hydrogen-bond donors (Lipinski definition) is 1. The summed E-state index contributed by atoms with van der Waals surface area (Å²) in [5.74, 6) is 1.45. The molecule has 0 aliphatic carbocycles. The molecule has 1 aliphatic rings. The average Bonchev–Trinajstić information content (AvgIpc) is 3.21. The normalized spacial score (nSPS) is 18.2. The standard InChI is InChI=1S/C29H55N3O/c1-4-6-7-8-9-10-11-12-13-14-15-16-17-18-19-20-21-22-23-29-31-25-27-32(29,5-2)26-24-30-28(3)33/h15-16H,4-14,17-27H2,1-3H3/p+1/b16-15+. The van der Waals surface area contributed by atoms with Gasteiger partial charge in [0, 0.05) is 13.3 Å². The number of amidine groups is 1. The van der Waals surface area contributed by atoms with E-state index in [-0.39, 0.29) is 5.91 Å². The van der Waals surface area contributed by atoms with Crippen molar-refractivity contribution in [3.63, 3.8) is 0 Å². The molecule has 192 valence electrons. The van der Waals surface area contributed by atoms with Gasteiger partial charge in [-0.25, -0.2) is 4.99 Å². The van der Waals surface area contributed by atoms with Gasteiger partial charge in [-0.15, -0.1) is 0 Å². The molecule has 0 saturated heterocycles. The monoisotopic (exact) mass is 462 g/mol. The molecule has 1 rings (SSSR count). The van der Waals surface area contributed by atoms with Crippen LogP contribution in [0.5, 0.6) is 0 Å². The van der Waals surface area contributed by atoms with Gasteiger partial charge in [-0.2, -0.15) is 0 Å². The predicted octanol–water partition coefficient (Wildman–Crippen LogP) is 7.58. The number of aliphatic imine (C=N–C) groups is 1. The first kappa shape index (κ1) is 29.9. The van der Waals surface area contributed by atoms with Crippen molar-refractivity contribution in [3.05, 3.63) is 12.2 Å². The van der Waals surface area contributed by atoms with Gasteiger partial charge in [0.15, 0.2) is 5.84 Å². The molecule has 0 saturated carbocycles. The van der Waals surface area contributed by atoms with E-state index < -0.39 is 0 Å². The van der Waals surface area contributed by atoms with Crippen LogP contribution in [0, 0.1) is 0 Å². The van der Waals surface area contributed by atoms with Crippen molar-refractivity contribution in [2.45, 2.75) is 130 Å². The number of hydrogen-bond acceptors (Lipinski definition) is 2. The second-order valence-corrected chi connectivity index (χ2v) is 10.1. The zero-order chi connectivity index (χ0) is 24.0. The SMILES string of the molecule is CCCCCCCCCCC/C=C/CCCCCCCC1=NCC[N+]1(CC)CCNC(C)=O. The van der Waals surface area contributed by atoms with Crippen molar-refractivity contribution in [1.82, 2.24) is 5.32 Å². The number of nitrogens with one attached hydrogen (secondary N) is 1. The number of carbonyl (C=O) groups is 1. The highest BCUT2D eigenvalue weighted by Crippen LogP contribution is 2.20. The lowest BCUT2D eigenvalue weighted by atomic mass is 10.1. The number of likely N-dealkylation sites (N-methyl/N-ethyl adjacent to an activating group) is 1. The summed E-state index contributed by atoms with van der Waals surface area (Å²) >= 11 is 0. The molecule has 4 heteroatoms. The number of rotatable bonds is 22. The van der Waals surface area contributed by atoms with Crippen LogP contribution in [-0.2, 0) is 4.79 Å². The fourth-order valence-corrected chi connectivity index (χ4v) is 5.04. The van der Waals surface area contributed by atoms with E-state index in [2.05, 4.69) is 31.3 Å². The van der Waals surface area contributed by atoms with Gasteiger partial charge in [0.1, 0.15) is 13.1 Å². The summed E-state index contributed by atoms with van der Waals surface area (Å²) in [5, 5.41) is 2.96. The van der Waals surface area contributed by atoms with E-state index in [9.17, 15) is 4.79 Å². The minimum absolute atomic E-state index is 0.0697. The van der Waals surface area contributed by atoms with Crippen molar-refractivity contribution in [3.8, 4) is 0 Å². The van der Waals surface area contributed by atoms with Crippen LogP contribution in [0.1, 0.15) is 130 Å². The Labute approximate surface area is 206 Å². The Bertz CT molecular complexity index is 543. The Balaban J connectivity index is 1.95. The summed E-state index contributed by atoms with van der Waals surface area (Å²) in [4.78, 5) is 16.0. The second-order valence-electron chi connectivity index (χ2n) is 10.1. The molecule has 4 nitrogen and oxygen atoms in total. The van der Waals surface area contributed by atoms with Crippen molar-refractivity contribution in [2.24, 2.45) is 4.99 Å². The lowest BCUT2D eigenvalue weighted by molar-refractivity contribution is -0.833. The molecular weight excluding hydrogens is 406 g/mol. The Hall–Kier alpha value is -1.16. The molecule has 1 amide bonds. The molecule has 0 radical (unpaired) electrons. The lowest BCUT2D eigenvalue weighted by Gasteiger charge is -2.33. The Morgan fingerprint density at radius 1 is 0.848 bits per heavy atom. The van der Waals surface area contributed by atoms with Gasteiger partial charge in [-0.05, 0) is 39.0 Å². The van der Waals surface area contributed by atoms with Crippen LogP contribution in [0.15, 0.2) is 17.1 Å². The first-order valence-corrected chi connectivity index (χ1v) is 14.4. The Morgan fingerprint density at radius 3 is 1.94 bits per heavy atom. The first-order valence-electron chi connectivity index (χ1n) is 14.4. The van der Waals surface area contributed by atoms with E-state index in [0.717, 1.165) is 43.6 Å². The van der Waals surface area contributed by atoms with Crippen LogP contribution < -0.4 is 5.32 Å². The average molecular weight is 463 g/mol. The fraction of sp³-hybridized carbons (Fsp3) is 0.862. The number of amides is 1. The van der Waals surface area contributed by atoms with Gasteiger partial charge in [-0.1, -0.05) is 89.7 Å². The molecule has 1 N–H and O–H groups in total. The molecule has 33 heavy (non-hydrogen) atoms. The van der Waals surface area contributed by atoms with Crippen LogP contribution in [0.2, 0.25) is 0 Å². The van der Waals surface area contributed by atoms with E-state index in [1.54, 1.807) is 6.92 Å². The third-order valence-electron chi connectivity index (χ3n) is 7.30. The second kappa shape index (κ2) is 20.2. The molecule has 1 aliphatic heterocycles.